The van der Waals surface area contributed by atoms with Crippen LogP contribution in [0.25, 0.3) is 10.8 Å². The van der Waals surface area contributed by atoms with Crippen molar-refractivity contribution in [2.75, 3.05) is 18.1 Å². The minimum Gasteiger partial charge on any atom is -0.461 e. The maximum atomic E-state index is 12.3. The molecule has 0 N–H and O–H groups in total. The summed E-state index contributed by atoms with van der Waals surface area (Å²) in [5.41, 5.74) is 5.37. The topological polar surface area (TPSA) is 42.4 Å². The molecule has 0 radical (unpaired) electrons. The van der Waals surface area contributed by atoms with E-state index in [2.05, 4.69) is 53.2 Å². The predicted octanol–water partition coefficient (Wildman–Crippen LogP) is 5.24. The smallest absolute Gasteiger partial charge is 0.357 e. The van der Waals surface area contributed by atoms with Gasteiger partial charge in [0.15, 0.2) is 5.69 Å². The van der Waals surface area contributed by atoms with Gasteiger partial charge >= 0.3 is 5.97 Å². The van der Waals surface area contributed by atoms with Crippen molar-refractivity contribution in [3.8, 4) is 0 Å². The predicted molar refractivity (Wildman–Crippen MR) is 113 cm³/mol. The van der Waals surface area contributed by atoms with Gasteiger partial charge in [-0.1, -0.05) is 41.9 Å². The highest BCUT2D eigenvalue weighted by atomic mass is 35.5. The highest BCUT2D eigenvalue weighted by Gasteiger charge is 2.26. The normalized spacial score (nSPS) is 13.5. The van der Waals surface area contributed by atoms with Crippen molar-refractivity contribution in [3.63, 3.8) is 0 Å². The first-order valence-electron chi connectivity index (χ1n) is 9.59. The van der Waals surface area contributed by atoms with Crippen molar-refractivity contribution in [2.45, 2.75) is 33.7 Å². The van der Waals surface area contributed by atoms with E-state index in [1.54, 1.807) is 6.92 Å². The molecule has 0 saturated heterocycles. The van der Waals surface area contributed by atoms with Gasteiger partial charge in [0.05, 0.1) is 23.9 Å². The number of pyridine rings is 1. The summed E-state index contributed by atoms with van der Waals surface area (Å²) in [6.07, 6.45) is 0.799. The Morgan fingerprint density at radius 3 is 2.71 bits per heavy atom. The standard InChI is InChI=1S/C23H23ClN2O2/c1-4-28-23(27)22-15(3)21(24)17-11-12-26(13-18(17)25-22)19-10-6-9-16-8-5-7-14(2)20(16)19/h5-10H,4,11-13H2,1-3H3. The van der Waals surface area contributed by atoms with Gasteiger partial charge in [0.25, 0.3) is 0 Å². The number of ether oxygens (including phenoxy) is 1. The summed E-state index contributed by atoms with van der Waals surface area (Å²) in [5.74, 6) is -0.414. The number of benzene rings is 2. The average molecular weight is 395 g/mol. The Labute approximate surface area is 170 Å². The van der Waals surface area contributed by atoms with Crippen molar-refractivity contribution in [1.82, 2.24) is 4.98 Å². The quantitative estimate of drug-likeness (QED) is 0.569. The fourth-order valence-electron chi connectivity index (χ4n) is 4.01. The van der Waals surface area contributed by atoms with Gasteiger partial charge in [-0.2, -0.15) is 0 Å². The summed E-state index contributed by atoms with van der Waals surface area (Å²) in [6, 6.07) is 12.8. The number of nitrogens with zero attached hydrogens (tertiary/aromatic N) is 2. The van der Waals surface area contributed by atoms with Crippen LogP contribution < -0.4 is 4.90 Å². The van der Waals surface area contributed by atoms with E-state index in [4.69, 9.17) is 16.3 Å². The van der Waals surface area contributed by atoms with Crippen LogP contribution in [0.5, 0.6) is 0 Å². The SMILES string of the molecule is CCOC(=O)c1nc2c(c(Cl)c1C)CCN(c1cccc3cccc(C)c13)C2. The molecule has 0 aliphatic carbocycles. The first-order valence-corrected chi connectivity index (χ1v) is 9.97. The number of fused-ring (bicyclic) bond motifs is 2. The fraction of sp³-hybridized carbons (Fsp3) is 0.304. The van der Waals surface area contributed by atoms with Crippen LogP contribution in [0.4, 0.5) is 5.69 Å². The molecule has 0 fully saturated rings. The molecule has 1 aliphatic heterocycles. The molecule has 0 atom stereocenters. The number of carbonyl (C=O) groups excluding carboxylic acids is 1. The summed E-state index contributed by atoms with van der Waals surface area (Å²) >= 11 is 6.61. The molecular weight excluding hydrogens is 372 g/mol. The Bertz CT molecular complexity index is 1070. The van der Waals surface area contributed by atoms with Gasteiger partial charge in [0.2, 0.25) is 0 Å². The van der Waals surface area contributed by atoms with Gasteiger partial charge in [-0.25, -0.2) is 9.78 Å². The molecule has 0 saturated carbocycles. The summed E-state index contributed by atoms with van der Waals surface area (Å²) in [7, 11) is 0. The second-order valence-electron chi connectivity index (χ2n) is 7.17. The van der Waals surface area contributed by atoms with Gasteiger partial charge < -0.3 is 9.64 Å². The minimum absolute atomic E-state index is 0.316. The molecule has 2 heterocycles. The van der Waals surface area contributed by atoms with Gasteiger partial charge in [0, 0.05) is 23.2 Å². The molecule has 0 amide bonds. The lowest BCUT2D eigenvalue weighted by Gasteiger charge is -2.32. The number of carbonyl (C=O) groups is 1. The summed E-state index contributed by atoms with van der Waals surface area (Å²) in [4.78, 5) is 19.3. The molecule has 28 heavy (non-hydrogen) atoms. The molecule has 2 aromatic carbocycles. The number of esters is 1. The molecule has 144 valence electrons. The van der Waals surface area contributed by atoms with Crippen LogP contribution in [-0.2, 0) is 17.7 Å². The lowest BCUT2D eigenvalue weighted by atomic mass is 9.98. The lowest BCUT2D eigenvalue weighted by Crippen LogP contribution is -2.32. The van der Waals surface area contributed by atoms with E-state index in [0.717, 1.165) is 24.2 Å². The number of aromatic nitrogens is 1. The zero-order valence-electron chi connectivity index (χ0n) is 16.4. The second-order valence-corrected chi connectivity index (χ2v) is 7.54. The van der Waals surface area contributed by atoms with E-state index in [0.29, 0.717) is 29.4 Å². The molecule has 1 aromatic heterocycles. The molecule has 4 nitrogen and oxygen atoms in total. The van der Waals surface area contributed by atoms with Crippen LogP contribution in [0.1, 0.15) is 39.8 Å². The summed E-state index contributed by atoms with van der Waals surface area (Å²) in [6.45, 7) is 7.56. The second kappa shape index (κ2) is 7.44. The number of aryl methyl sites for hydroxylation is 1. The molecular formula is C23H23ClN2O2. The number of hydrogen-bond acceptors (Lipinski definition) is 4. The third kappa shape index (κ3) is 3.12. The zero-order valence-corrected chi connectivity index (χ0v) is 17.1. The Kier molecular flexibility index (Phi) is 4.98. The van der Waals surface area contributed by atoms with E-state index >= 15 is 0 Å². The monoisotopic (exact) mass is 394 g/mol. The van der Waals surface area contributed by atoms with Gasteiger partial charge in [0.1, 0.15) is 0 Å². The fourth-order valence-corrected chi connectivity index (χ4v) is 4.30. The van der Waals surface area contributed by atoms with E-state index in [1.165, 1.54) is 22.0 Å². The Hall–Kier alpha value is -2.59. The molecule has 3 aromatic rings. The lowest BCUT2D eigenvalue weighted by molar-refractivity contribution is 0.0518. The van der Waals surface area contributed by atoms with Crippen LogP contribution in [0.3, 0.4) is 0 Å². The van der Waals surface area contributed by atoms with Crippen LogP contribution in [0.15, 0.2) is 36.4 Å². The Morgan fingerprint density at radius 1 is 1.21 bits per heavy atom. The maximum Gasteiger partial charge on any atom is 0.357 e. The largest absolute Gasteiger partial charge is 0.461 e. The molecule has 0 spiro atoms. The summed E-state index contributed by atoms with van der Waals surface area (Å²) in [5, 5.41) is 3.13. The van der Waals surface area contributed by atoms with E-state index in [-0.39, 0.29) is 0 Å². The van der Waals surface area contributed by atoms with Crippen molar-refractivity contribution < 1.29 is 9.53 Å². The van der Waals surface area contributed by atoms with E-state index < -0.39 is 5.97 Å². The number of rotatable bonds is 3. The van der Waals surface area contributed by atoms with Crippen molar-refractivity contribution in [3.05, 3.63) is 69.5 Å². The third-order valence-electron chi connectivity index (χ3n) is 5.42. The van der Waals surface area contributed by atoms with E-state index in [9.17, 15) is 4.79 Å². The Morgan fingerprint density at radius 2 is 1.96 bits per heavy atom. The Balaban J connectivity index is 1.77. The minimum atomic E-state index is -0.414. The maximum absolute atomic E-state index is 12.3. The van der Waals surface area contributed by atoms with Crippen molar-refractivity contribution >= 4 is 34.0 Å². The average Bonchev–Trinajstić information content (AvgIpc) is 2.70. The van der Waals surface area contributed by atoms with Crippen LogP contribution in [0, 0.1) is 13.8 Å². The van der Waals surface area contributed by atoms with Crippen LogP contribution in [-0.4, -0.2) is 24.1 Å². The third-order valence-corrected chi connectivity index (χ3v) is 5.93. The highest BCUT2D eigenvalue weighted by molar-refractivity contribution is 6.32. The zero-order chi connectivity index (χ0) is 19.8. The molecule has 0 unspecified atom stereocenters. The molecule has 1 aliphatic rings. The van der Waals surface area contributed by atoms with Gasteiger partial charge in [-0.15, -0.1) is 0 Å². The first-order chi connectivity index (χ1) is 13.5. The number of hydrogen-bond donors (Lipinski definition) is 0. The van der Waals surface area contributed by atoms with E-state index in [1.807, 2.05) is 6.92 Å². The first kappa shape index (κ1) is 18.8. The van der Waals surface area contributed by atoms with Gasteiger partial charge in [-0.05, 0) is 49.8 Å². The van der Waals surface area contributed by atoms with Crippen LogP contribution in [0.2, 0.25) is 5.02 Å². The van der Waals surface area contributed by atoms with Crippen LogP contribution >= 0.6 is 11.6 Å². The number of halogens is 1. The van der Waals surface area contributed by atoms with Crippen molar-refractivity contribution in [2.24, 2.45) is 0 Å². The summed E-state index contributed by atoms with van der Waals surface area (Å²) < 4.78 is 5.17. The molecule has 0 bridgehead atoms. The highest BCUT2D eigenvalue weighted by Crippen LogP contribution is 2.35. The number of anilines is 1. The van der Waals surface area contributed by atoms with Gasteiger partial charge in [-0.3, -0.25) is 0 Å². The molecule has 5 heteroatoms. The van der Waals surface area contributed by atoms with Crippen molar-refractivity contribution in [1.29, 1.82) is 0 Å². The molecule has 4 rings (SSSR count).